The first-order valence-corrected chi connectivity index (χ1v) is 7.78. The van der Waals surface area contributed by atoms with Crippen molar-refractivity contribution in [2.45, 2.75) is 18.7 Å². The predicted octanol–water partition coefficient (Wildman–Crippen LogP) is 0.751. The Kier molecular flexibility index (Phi) is 5.67. The number of nitrogens with two attached hydrogens (primary N) is 1. The van der Waals surface area contributed by atoms with Gasteiger partial charge in [0, 0.05) is 25.8 Å². The summed E-state index contributed by atoms with van der Waals surface area (Å²) in [6.07, 6.45) is 0. The topological polar surface area (TPSA) is 89.7 Å². The fraction of sp³-hybridized carbons (Fsp3) is 0.462. The molecular formula is C13H20N2O4S. The quantitative estimate of drug-likeness (QED) is 0.785. The number of ether oxygens (including phenoxy) is 1. The summed E-state index contributed by atoms with van der Waals surface area (Å²) in [4.78, 5) is 13.6. The van der Waals surface area contributed by atoms with Crippen LogP contribution in [0.4, 0.5) is 0 Å². The zero-order valence-corrected chi connectivity index (χ0v) is 12.7. The van der Waals surface area contributed by atoms with E-state index in [4.69, 9.17) is 9.88 Å². The molecule has 0 fully saturated rings. The highest BCUT2D eigenvalue weighted by molar-refractivity contribution is 7.89. The molecule has 20 heavy (non-hydrogen) atoms. The molecule has 1 aromatic rings. The maximum absolute atomic E-state index is 12.2. The largest absolute Gasteiger partial charge is 0.380 e. The summed E-state index contributed by atoms with van der Waals surface area (Å²) in [5, 5.41) is 5.10. The van der Waals surface area contributed by atoms with Crippen LogP contribution in [0.3, 0.4) is 0 Å². The van der Waals surface area contributed by atoms with E-state index in [9.17, 15) is 13.2 Å². The molecule has 0 spiro atoms. The van der Waals surface area contributed by atoms with Gasteiger partial charge in [0.1, 0.15) is 0 Å². The summed E-state index contributed by atoms with van der Waals surface area (Å²) in [6, 6.07) is 4.36. The van der Waals surface area contributed by atoms with Crippen LogP contribution in [0.2, 0.25) is 0 Å². The van der Waals surface area contributed by atoms with Gasteiger partial charge in [0.2, 0.25) is 10.0 Å². The van der Waals surface area contributed by atoms with E-state index in [-0.39, 0.29) is 10.8 Å². The minimum Gasteiger partial charge on any atom is -0.380 e. The van der Waals surface area contributed by atoms with Crippen LogP contribution >= 0.6 is 0 Å². The number of aryl methyl sites for hydroxylation is 1. The Morgan fingerprint density at radius 1 is 1.35 bits per heavy atom. The van der Waals surface area contributed by atoms with Gasteiger partial charge in [0.05, 0.1) is 11.5 Å². The molecule has 0 bridgehead atoms. The normalized spacial score (nSPS) is 11.4. The van der Waals surface area contributed by atoms with Crippen molar-refractivity contribution in [3.63, 3.8) is 0 Å². The third-order valence-electron chi connectivity index (χ3n) is 2.75. The number of likely N-dealkylation sites (N-methyl/N-ethyl adjacent to an activating group) is 1. The van der Waals surface area contributed by atoms with E-state index in [0.717, 1.165) is 0 Å². The van der Waals surface area contributed by atoms with Crippen LogP contribution in [0.5, 0.6) is 0 Å². The highest BCUT2D eigenvalue weighted by Crippen LogP contribution is 2.15. The zero-order chi connectivity index (χ0) is 15.3. The highest BCUT2D eigenvalue weighted by Gasteiger charge is 2.16. The van der Waals surface area contributed by atoms with Crippen LogP contribution in [0.25, 0.3) is 0 Å². The Balaban J connectivity index is 2.96. The lowest BCUT2D eigenvalue weighted by Gasteiger charge is -2.17. The number of hydrogen-bond donors (Lipinski definition) is 1. The molecule has 1 rings (SSSR count). The smallest absolute Gasteiger partial charge is 0.253 e. The Morgan fingerprint density at radius 3 is 2.55 bits per heavy atom. The van der Waals surface area contributed by atoms with Gasteiger partial charge >= 0.3 is 0 Å². The van der Waals surface area contributed by atoms with E-state index >= 15 is 0 Å². The summed E-state index contributed by atoms with van der Waals surface area (Å²) in [6.45, 7) is 5.05. The van der Waals surface area contributed by atoms with Crippen molar-refractivity contribution in [1.29, 1.82) is 0 Å². The van der Waals surface area contributed by atoms with Gasteiger partial charge in [-0.05, 0) is 37.6 Å². The fourth-order valence-corrected chi connectivity index (χ4v) is 2.34. The molecule has 1 aromatic carbocycles. The van der Waals surface area contributed by atoms with Crippen molar-refractivity contribution in [3.05, 3.63) is 29.3 Å². The number of rotatable bonds is 6. The second-order valence-electron chi connectivity index (χ2n) is 4.50. The highest BCUT2D eigenvalue weighted by atomic mass is 32.2. The molecule has 0 aliphatic carbocycles. The summed E-state index contributed by atoms with van der Waals surface area (Å²) in [7, 11) is -2.18. The molecule has 0 radical (unpaired) electrons. The van der Waals surface area contributed by atoms with Crippen LogP contribution in [-0.4, -0.2) is 46.0 Å². The third kappa shape index (κ3) is 4.59. The number of primary sulfonamides is 1. The molecule has 0 heterocycles. The maximum atomic E-state index is 12.2. The van der Waals surface area contributed by atoms with E-state index in [2.05, 4.69) is 0 Å². The van der Waals surface area contributed by atoms with Crippen molar-refractivity contribution in [2.75, 3.05) is 26.8 Å². The van der Waals surface area contributed by atoms with Gasteiger partial charge in [-0.25, -0.2) is 13.6 Å². The first kappa shape index (κ1) is 16.6. The standard InChI is InChI=1S/C13H20N2O4S/c1-4-19-6-5-15(3)13(16)11-7-10(2)8-12(9-11)20(14,17)18/h7-9H,4-6H2,1-3H3,(H2,14,17,18). The summed E-state index contributed by atoms with van der Waals surface area (Å²) in [5.41, 5.74) is 0.964. The number of sulfonamides is 1. The van der Waals surface area contributed by atoms with Gasteiger partial charge in [-0.3, -0.25) is 4.79 Å². The summed E-state index contributed by atoms with van der Waals surface area (Å²) >= 11 is 0. The molecular weight excluding hydrogens is 280 g/mol. The molecule has 0 atom stereocenters. The molecule has 112 valence electrons. The van der Waals surface area contributed by atoms with Crippen molar-refractivity contribution in [1.82, 2.24) is 4.90 Å². The number of hydrogen-bond acceptors (Lipinski definition) is 4. The van der Waals surface area contributed by atoms with Gasteiger partial charge in [0.25, 0.3) is 5.91 Å². The first-order chi connectivity index (χ1) is 9.25. The monoisotopic (exact) mass is 300 g/mol. The minimum atomic E-state index is -3.82. The number of carbonyl (C=O) groups excluding carboxylic acids is 1. The lowest BCUT2D eigenvalue weighted by molar-refractivity contribution is 0.0709. The molecule has 0 aromatic heterocycles. The molecule has 0 saturated heterocycles. The molecule has 6 nitrogen and oxygen atoms in total. The van der Waals surface area contributed by atoms with Crippen molar-refractivity contribution < 1.29 is 17.9 Å². The van der Waals surface area contributed by atoms with Crippen LogP contribution in [0.15, 0.2) is 23.1 Å². The second-order valence-corrected chi connectivity index (χ2v) is 6.06. The Bertz CT molecular complexity index is 584. The number of carbonyl (C=O) groups is 1. The summed E-state index contributed by atoms with van der Waals surface area (Å²) in [5.74, 6) is -0.265. The van der Waals surface area contributed by atoms with Gasteiger partial charge in [-0.15, -0.1) is 0 Å². The van der Waals surface area contributed by atoms with Crippen LogP contribution in [0, 0.1) is 6.92 Å². The minimum absolute atomic E-state index is 0.0564. The van der Waals surface area contributed by atoms with Crippen LogP contribution in [-0.2, 0) is 14.8 Å². The van der Waals surface area contributed by atoms with E-state index in [0.29, 0.717) is 30.9 Å². The number of amides is 1. The lowest BCUT2D eigenvalue weighted by Crippen LogP contribution is -2.30. The van der Waals surface area contributed by atoms with E-state index in [1.807, 2.05) is 6.92 Å². The van der Waals surface area contributed by atoms with Crippen LogP contribution < -0.4 is 5.14 Å². The van der Waals surface area contributed by atoms with Gasteiger partial charge < -0.3 is 9.64 Å². The lowest BCUT2D eigenvalue weighted by atomic mass is 10.1. The fourth-order valence-electron chi connectivity index (χ4n) is 1.70. The zero-order valence-electron chi connectivity index (χ0n) is 11.9. The molecule has 7 heteroatoms. The van der Waals surface area contributed by atoms with E-state index in [1.165, 1.54) is 17.0 Å². The Hall–Kier alpha value is -1.44. The van der Waals surface area contributed by atoms with Gasteiger partial charge in [0.15, 0.2) is 0 Å². The third-order valence-corrected chi connectivity index (χ3v) is 3.64. The van der Waals surface area contributed by atoms with E-state index < -0.39 is 10.0 Å². The summed E-state index contributed by atoms with van der Waals surface area (Å²) < 4.78 is 27.9. The number of nitrogens with zero attached hydrogens (tertiary/aromatic N) is 1. The molecule has 0 aliphatic heterocycles. The van der Waals surface area contributed by atoms with Crippen LogP contribution in [0.1, 0.15) is 22.8 Å². The first-order valence-electron chi connectivity index (χ1n) is 6.23. The molecule has 1 amide bonds. The van der Waals surface area contributed by atoms with Crippen molar-refractivity contribution >= 4 is 15.9 Å². The van der Waals surface area contributed by atoms with E-state index in [1.54, 1.807) is 20.0 Å². The molecule has 0 aliphatic rings. The molecule has 0 saturated carbocycles. The maximum Gasteiger partial charge on any atom is 0.253 e. The average molecular weight is 300 g/mol. The average Bonchev–Trinajstić information content (AvgIpc) is 2.36. The SMILES string of the molecule is CCOCCN(C)C(=O)c1cc(C)cc(S(N)(=O)=O)c1. The molecule has 2 N–H and O–H groups in total. The van der Waals surface area contributed by atoms with Crippen molar-refractivity contribution in [2.24, 2.45) is 5.14 Å². The van der Waals surface area contributed by atoms with Gasteiger partial charge in [-0.2, -0.15) is 0 Å². The van der Waals surface area contributed by atoms with Gasteiger partial charge in [-0.1, -0.05) is 0 Å². The molecule has 0 unspecified atom stereocenters. The predicted molar refractivity (Wildman–Crippen MR) is 76.0 cm³/mol. The Labute approximate surface area is 119 Å². The Morgan fingerprint density at radius 2 is 2.00 bits per heavy atom. The van der Waals surface area contributed by atoms with Crippen molar-refractivity contribution in [3.8, 4) is 0 Å². The second kappa shape index (κ2) is 6.83. The number of benzene rings is 1.